The van der Waals surface area contributed by atoms with Gasteiger partial charge in [-0.05, 0) is 50.3 Å². The van der Waals surface area contributed by atoms with Crippen LogP contribution in [0.5, 0.6) is 11.5 Å². The summed E-state index contributed by atoms with van der Waals surface area (Å²) in [5, 5.41) is 0. The number of hydrogen-bond acceptors (Lipinski definition) is 4. The second-order valence-electron chi connectivity index (χ2n) is 7.08. The van der Waals surface area contributed by atoms with Crippen molar-refractivity contribution in [2.24, 2.45) is 0 Å². The van der Waals surface area contributed by atoms with E-state index in [1.54, 1.807) is 14.2 Å². The van der Waals surface area contributed by atoms with E-state index in [1.807, 2.05) is 18.2 Å². The van der Waals surface area contributed by atoms with Crippen LogP contribution in [-0.4, -0.2) is 46.2 Å². The van der Waals surface area contributed by atoms with E-state index < -0.39 is 0 Å². The SMILES string of the molecule is CCN(CC)C(C)n1c2ccccc2n2cc(-c3ccc(OC)c(OC)c3)nc12. The molecule has 4 rings (SSSR count). The summed E-state index contributed by atoms with van der Waals surface area (Å²) in [6.45, 7) is 8.61. The highest BCUT2D eigenvalue weighted by atomic mass is 16.5. The van der Waals surface area contributed by atoms with E-state index >= 15 is 0 Å². The highest BCUT2D eigenvalue weighted by Crippen LogP contribution is 2.34. The number of fused-ring (bicyclic) bond motifs is 3. The van der Waals surface area contributed by atoms with Gasteiger partial charge in [0.15, 0.2) is 11.5 Å². The molecule has 0 aliphatic carbocycles. The summed E-state index contributed by atoms with van der Waals surface area (Å²) in [4.78, 5) is 7.45. The average molecular weight is 393 g/mol. The van der Waals surface area contributed by atoms with Gasteiger partial charge in [0, 0.05) is 11.8 Å². The summed E-state index contributed by atoms with van der Waals surface area (Å²) >= 11 is 0. The van der Waals surface area contributed by atoms with Gasteiger partial charge in [-0.3, -0.25) is 13.9 Å². The minimum atomic E-state index is 0.202. The summed E-state index contributed by atoms with van der Waals surface area (Å²) < 4.78 is 15.4. The molecule has 6 heteroatoms. The van der Waals surface area contributed by atoms with Gasteiger partial charge >= 0.3 is 0 Å². The van der Waals surface area contributed by atoms with Crippen molar-refractivity contribution in [3.05, 3.63) is 48.7 Å². The molecule has 1 atom stereocenters. The third-order valence-electron chi connectivity index (χ3n) is 5.70. The fourth-order valence-corrected chi connectivity index (χ4v) is 4.12. The molecule has 0 fully saturated rings. The molecule has 2 aromatic carbocycles. The van der Waals surface area contributed by atoms with Crippen LogP contribution in [0.2, 0.25) is 0 Å². The van der Waals surface area contributed by atoms with E-state index in [9.17, 15) is 0 Å². The lowest BCUT2D eigenvalue weighted by molar-refractivity contribution is 0.179. The van der Waals surface area contributed by atoms with Crippen LogP contribution in [0.25, 0.3) is 28.1 Å². The van der Waals surface area contributed by atoms with Gasteiger partial charge in [0.1, 0.15) is 0 Å². The van der Waals surface area contributed by atoms with Crippen LogP contribution in [0.15, 0.2) is 48.7 Å². The average Bonchev–Trinajstić information content (AvgIpc) is 3.31. The zero-order valence-electron chi connectivity index (χ0n) is 17.7. The van der Waals surface area contributed by atoms with E-state index in [-0.39, 0.29) is 6.17 Å². The molecule has 0 amide bonds. The van der Waals surface area contributed by atoms with Crippen LogP contribution >= 0.6 is 0 Å². The number of methoxy groups -OCH3 is 2. The number of rotatable bonds is 7. The van der Waals surface area contributed by atoms with Crippen LogP contribution in [0.4, 0.5) is 0 Å². The molecule has 0 saturated carbocycles. The lowest BCUT2D eigenvalue weighted by Crippen LogP contribution is -2.30. The second-order valence-corrected chi connectivity index (χ2v) is 7.08. The molecule has 0 spiro atoms. The van der Waals surface area contributed by atoms with Crippen molar-refractivity contribution in [1.29, 1.82) is 0 Å². The normalized spacial score (nSPS) is 12.8. The first kappa shape index (κ1) is 19.3. The molecule has 0 bridgehead atoms. The first-order chi connectivity index (χ1) is 14.1. The van der Waals surface area contributed by atoms with Crippen molar-refractivity contribution in [2.45, 2.75) is 26.9 Å². The number of para-hydroxylation sites is 2. The van der Waals surface area contributed by atoms with Crippen LogP contribution in [0, 0.1) is 0 Å². The predicted molar refractivity (Wildman–Crippen MR) is 117 cm³/mol. The van der Waals surface area contributed by atoms with Crippen LogP contribution in [-0.2, 0) is 0 Å². The summed E-state index contributed by atoms with van der Waals surface area (Å²) in [6, 6.07) is 14.4. The minimum Gasteiger partial charge on any atom is -0.493 e. The molecule has 0 radical (unpaired) electrons. The van der Waals surface area contributed by atoms with Crippen molar-refractivity contribution in [3.63, 3.8) is 0 Å². The maximum Gasteiger partial charge on any atom is 0.216 e. The van der Waals surface area contributed by atoms with E-state index in [0.717, 1.165) is 35.6 Å². The van der Waals surface area contributed by atoms with Gasteiger partial charge in [-0.1, -0.05) is 26.0 Å². The summed E-state index contributed by atoms with van der Waals surface area (Å²) in [7, 11) is 3.30. The Balaban J connectivity index is 1.91. The monoisotopic (exact) mass is 392 g/mol. The molecule has 0 N–H and O–H groups in total. The Labute approximate surface area is 171 Å². The number of imidazole rings is 2. The van der Waals surface area contributed by atoms with Crippen molar-refractivity contribution in [3.8, 4) is 22.8 Å². The van der Waals surface area contributed by atoms with Gasteiger partial charge in [-0.15, -0.1) is 0 Å². The summed E-state index contributed by atoms with van der Waals surface area (Å²) in [6.07, 6.45) is 2.30. The van der Waals surface area contributed by atoms with E-state index in [1.165, 1.54) is 5.52 Å². The second kappa shape index (κ2) is 7.79. The van der Waals surface area contributed by atoms with Crippen molar-refractivity contribution >= 4 is 16.8 Å². The topological polar surface area (TPSA) is 43.9 Å². The van der Waals surface area contributed by atoms with E-state index in [2.05, 4.69) is 65.1 Å². The van der Waals surface area contributed by atoms with Gasteiger partial charge in [0.2, 0.25) is 5.78 Å². The molecule has 6 nitrogen and oxygen atoms in total. The predicted octanol–water partition coefficient (Wildman–Crippen LogP) is 4.83. The van der Waals surface area contributed by atoms with Gasteiger partial charge in [-0.2, -0.15) is 0 Å². The molecule has 0 aliphatic heterocycles. The summed E-state index contributed by atoms with van der Waals surface area (Å²) in [5.74, 6) is 2.35. The Bertz CT molecular complexity index is 1140. The number of ether oxygens (including phenoxy) is 2. The number of hydrogen-bond donors (Lipinski definition) is 0. The molecule has 1 unspecified atom stereocenters. The zero-order chi connectivity index (χ0) is 20.5. The molecular weight excluding hydrogens is 364 g/mol. The van der Waals surface area contributed by atoms with E-state index in [0.29, 0.717) is 11.5 Å². The third kappa shape index (κ3) is 3.13. The van der Waals surface area contributed by atoms with Crippen molar-refractivity contribution in [2.75, 3.05) is 27.3 Å². The van der Waals surface area contributed by atoms with Crippen LogP contribution in [0.3, 0.4) is 0 Å². The Morgan fingerprint density at radius 1 is 0.966 bits per heavy atom. The van der Waals surface area contributed by atoms with Crippen LogP contribution in [0.1, 0.15) is 26.9 Å². The van der Waals surface area contributed by atoms with Crippen molar-refractivity contribution in [1.82, 2.24) is 18.9 Å². The first-order valence-corrected chi connectivity index (χ1v) is 10.1. The molecule has 2 heterocycles. The molecular formula is C23H28N4O2. The fraction of sp³-hybridized carbons (Fsp3) is 0.348. The van der Waals surface area contributed by atoms with Crippen LogP contribution < -0.4 is 9.47 Å². The molecule has 0 aliphatic rings. The van der Waals surface area contributed by atoms with Gasteiger partial charge in [-0.25, -0.2) is 4.98 Å². The van der Waals surface area contributed by atoms with Gasteiger partial charge < -0.3 is 9.47 Å². The molecule has 0 saturated heterocycles. The number of aromatic nitrogens is 3. The Kier molecular flexibility index (Phi) is 5.20. The molecule has 2 aromatic heterocycles. The number of benzene rings is 2. The van der Waals surface area contributed by atoms with Crippen molar-refractivity contribution < 1.29 is 9.47 Å². The van der Waals surface area contributed by atoms with Gasteiger partial charge in [0.05, 0.1) is 37.1 Å². The molecule has 152 valence electrons. The first-order valence-electron chi connectivity index (χ1n) is 10.1. The lowest BCUT2D eigenvalue weighted by atomic mass is 10.1. The molecule has 29 heavy (non-hydrogen) atoms. The quantitative estimate of drug-likeness (QED) is 0.452. The largest absolute Gasteiger partial charge is 0.493 e. The smallest absolute Gasteiger partial charge is 0.216 e. The highest BCUT2D eigenvalue weighted by Gasteiger charge is 2.21. The Morgan fingerprint density at radius 2 is 1.66 bits per heavy atom. The Hall–Kier alpha value is -2.99. The van der Waals surface area contributed by atoms with E-state index in [4.69, 9.17) is 14.5 Å². The standard InChI is InChI=1S/C23H28N4O2/c1-6-25(7-2)16(3)27-20-11-9-8-10-19(20)26-15-18(24-23(26)27)17-12-13-21(28-4)22(14-17)29-5/h8-16H,6-7H2,1-5H3. The zero-order valence-corrected chi connectivity index (χ0v) is 17.7. The third-order valence-corrected chi connectivity index (χ3v) is 5.70. The van der Waals surface area contributed by atoms with Gasteiger partial charge in [0.25, 0.3) is 0 Å². The summed E-state index contributed by atoms with van der Waals surface area (Å²) in [5.41, 5.74) is 4.25. The maximum absolute atomic E-state index is 5.48. The lowest BCUT2D eigenvalue weighted by Gasteiger charge is -2.28. The minimum absolute atomic E-state index is 0.202. The fourth-order valence-electron chi connectivity index (χ4n) is 4.12. The molecule has 4 aromatic rings. The Morgan fingerprint density at radius 3 is 2.31 bits per heavy atom. The highest BCUT2D eigenvalue weighted by molar-refractivity contribution is 5.82. The maximum atomic E-state index is 5.48. The number of nitrogens with zero attached hydrogens (tertiary/aromatic N) is 4.